The average molecular weight is 470 g/mol. The number of amides is 1. The van der Waals surface area contributed by atoms with Crippen molar-refractivity contribution in [1.29, 1.82) is 0 Å². The summed E-state index contributed by atoms with van der Waals surface area (Å²) < 4.78 is 32.6. The van der Waals surface area contributed by atoms with Gasteiger partial charge in [0.2, 0.25) is 15.9 Å². The van der Waals surface area contributed by atoms with Crippen LogP contribution in [0.2, 0.25) is 0 Å². The van der Waals surface area contributed by atoms with E-state index in [-0.39, 0.29) is 22.4 Å². The number of aromatic nitrogens is 1. The number of hydrogen-bond acceptors (Lipinski definition) is 5. The lowest BCUT2D eigenvalue weighted by Gasteiger charge is -2.26. The first-order chi connectivity index (χ1) is 15.9. The summed E-state index contributed by atoms with van der Waals surface area (Å²) in [5.41, 5.74) is 2.89. The van der Waals surface area contributed by atoms with Crippen molar-refractivity contribution in [1.82, 2.24) is 14.6 Å². The third-order valence-corrected chi connectivity index (χ3v) is 8.33. The predicted molar refractivity (Wildman–Crippen MR) is 123 cm³/mol. The summed E-state index contributed by atoms with van der Waals surface area (Å²) in [6, 6.07) is 10.3. The summed E-state index contributed by atoms with van der Waals surface area (Å²) >= 11 is 0. The quantitative estimate of drug-likeness (QED) is 0.673. The van der Waals surface area contributed by atoms with Gasteiger partial charge < -0.3 is 15.0 Å². The van der Waals surface area contributed by atoms with Gasteiger partial charge in [-0.3, -0.25) is 9.59 Å². The number of carbonyl (C=O) groups is 1. The molecule has 1 aromatic heterocycles. The van der Waals surface area contributed by atoms with E-state index in [9.17, 15) is 18.0 Å². The minimum Gasteiger partial charge on any atom is -0.379 e. The van der Waals surface area contributed by atoms with Gasteiger partial charge in [0.1, 0.15) is 0 Å². The summed E-state index contributed by atoms with van der Waals surface area (Å²) in [5.74, 6) is 0.342. The Kier molecular flexibility index (Phi) is 5.94. The van der Waals surface area contributed by atoms with Crippen molar-refractivity contribution in [3.63, 3.8) is 0 Å². The largest absolute Gasteiger partial charge is 0.379 e. The van der Waals surface area contributed by atoms with Gasteiger partial charge in [0.25, 0.3) is 5.56 Å². The van der Waals surface area contributed by atoms with Gasteiger partial charge in [-0.25, -0.2) is 8.42 Å². The number of nitrogens with one attached hydrogen (secondary N) is 2. The molecule has 2 aliphatic heterocycles. The molecule has 5 rings (SSSR count). The fourth-order valence-electron chi connectivity index (χ4n) is 4.41. The lowest BCUT2D eigenvalue weighted by atomic mass is 9.98. The molecule has 2 saturated heterocycles. The van der Waals surface area contributed by atoms with Gasteiger partial charge in [-0.05, 0) is 48.9 Å². The van der Waals surface area contributed by atoms with Crippen molar-refractivity contribution < 1.29 is 17.9 Å². The maximum atomic E-state index is 13.0. The molecule has 2 N–H and O–H groups in total. The van der Waals surface area contributed by atoms with Crippen LogP contribution in [-0.2, 0) is 19.6 Å². The molecule has 2 aromatic rings. The van der Waals surface area contributed by atoms with Crippen LogP contribution in [-0.4, -0.2) is 56.0 Å². The van der Waals surface area contributed by atoms with E-state index >= 15 is 0 Å². The Bertz CT molecular complexity index is 1240. The van der Waals surface area contributed by atoms with Crippen LogP contribution in [0.3, 0.4) is 0 Å². The van der Waals surface area contributed by atoms with Crippen molar-refractivity contribution in [2.45, 2.75) is 42.5 Å². The molecule has 0 bridgehead atoms. The highest BCUT2D eigenvalue weighted by Gasteiger charge is 2.28. The lowest BCUT2D eigenvalue weighted by Crippen LogP contribution is -2.40. The molecule has 1 aliphatic carbocycles. The third kappa shape index (κ3) is 4.66. The van der Waals surface area contributed by atoms with Gasteiger partial charge in [-0.1, -0.05) is 24.3 Å². The Morgan fingerprint density at radius 2 is 1.73 bits per heavy atom. The second-order valence-electron chi connectivity index (χ2n) is 8.76. The molecular weight excluding hydrogens is 442 g/mol. The molecule has 3 fully saturated rings. The number of aromatic amines is 1. The van der Waals surface area contributed by atoms with Crippen molar-refractivity contribution >= 4 is 21.5 Å². The van der Waals surface area contributed by atoms with E-state index in [1.807, 2.05) is 18.2 Å². The Morgan fingerprint density at radius 1 is 1.00 bits per heavy atom. The molecule has 33 heavy (non-hydrogen) atoms. The molecule has 174 valence electrons. The van der Waals surface area contributed by atoms with Crippen molar-refractivity contribution in [2.75, 3.05) is 26.3 Å². The van der Waals surface area contributed by atoms with Crippen molar-refractivity contribution in [3.05, 3.63) is 69.6 Å². The molecule has 1 atom stereocenters. The van der Waals surface area contributed by atoms with E-state index in [2.05, 4.69) is 10.3 Å². The summed E-state index contributed by atoms with van der Waals surface area (Å²) in [7, 11) is -3.59. The number of ether oxygens (including phenoxy) is 1. The van der Waals surface area contributed by atoms with Crippen molar-refractivity contribution in [2.24, 2.45) is 0 Å². The van der Waals surface area contributed by atoms with Gasteiger partial charge in [0.05, 0.1) is 18.1 Å². The summed E-state index contributed by atoms with van der Waals surface area (Å²) in [5, 5.41) is 2.93. The Labute approximate surface area is 192 Å². The highest BCUT2D eigenvalue weighted by Crippen LogP contribution is 2.38. The molecule has 0 spiro atoms. The van der Waals surface area contributed by atoms with Gasteiger partial charge in [-0.2, -0.15) is 4.31 Å². The topological polar surface area (TPSA) is 109 Å². The van der Waals surface area contributed by atoms with Crippen LogP contribution in [0, 0.1) is 0 Å². The minimum atomic E-state index is -3.59. The molecular formula is C24H27N3O5S. The summed E-state index contributed by atoms with van der Waals surface area (Å²) in [6.07, 6.45) is 5.16. The summed E-state index contributed by atoms with van der Waals surface area (Å²) in [6.45, 7) is 1.46. The third-order valence-electron chi connectivity index (χ3n) is 6.42. The number of pyridine rings is 1. The molecule has 0 unspecified atom stereocenters. The van der Waals surface area contributed by atoms with E-state index < -0.39 is 10.0 Å². The zero-order chi connectivity index (χ0) is 23.0. The maximum absolute atomic E-state index is 13.0. The van der Waals surface area contributed by atoms with Crippen LogP contribution < -0.4 is 10.9 Å². The normalized spacial score (nSPS) is 22.4. The van der Waals surface area contributed by atoms with Crippen molar-refractivity contribution in [3.8, 4) is 0 Å². The number of sulfonamides is 1. The van der Waals surface area contributed by atoms with Crippen LogP contribution in [0.25, 0.3) is 5.57 Å². The Morgan fingerprint density at radius 3 is 2.33 bits per heavy atom. The molecule has 1 amide bonds. The Hall–Kier alpha value is -2.75. The Balaban J connectivity index is 1.49. The number of hydrogen-bond donors (Lipinski definition) is 2. The van der Waals surface area contributed by atoms with Gasteiger partial charge in [0.15, 0.2) is 0 Å². The average Bonchev–Trinajstić information content (AvgIpc) is 3.59. The zero-order valence-electron chi connectivity index (χ0n) is 18.2. The molecule has 1 aromatic carbocycles. The highest BCUT2D eigenvalue weighted by atomic mass is 32.2. The molecule has 3 aliphatic rings. The highest BCUT2D eigenvalue weighted by molar-refractivity contribution is 7.89. The fraction of sp³-hybridized carbons (Fsp3) is 0.417. The fourth-order valence-corrected chi connectivity index (χ4v) is 5.81. The standard InChI is InChI=1S/C24H27N3O5S/c28-23-10-5-18(25-23)15-21(22-9-8-20(16-1-2-16)24(29)26-22)17-3-6-19(7-4-17)33(30,31)27-11-13-32-14-12-27/h3-4,6-9,15-16,18H,1-2,5,10-14H2,(H,25,28)(H,26,29)/b21-15+/t18-/m1/s1. The molecule has 3 heterocycles. The second-order valence-corrected chi connectivity index (χ2v) is 10.7. The molecule has 9 heteroatoms. The predicted octanol–water partition coefficient (Wildman–Crippen LogP) is 1.98. The number of morpholine rings is 1. The first kappa shape index (κ1) is 22.1. The van der Waals surface area contributed by atoms with Gasteiger partial charge >= 0.3 is 0 Å². The maximum Gasteiger partial charge on any atom is 0.251 e. The molecule has 1 saturated carbocycles. The van der Waals surface area contributed by atoms with E-state index in [1.165, 1.54) is 4.31 Å². The zero-order valence-corrected chi connectivity index (χ0v) is 19.1. The minimum absolute atomic E-state index is 0.000118. The number of nitrogens with zero attached hydrogens (tertiary/aromatic N) is 1. The molecule has 0 radical (unpaired) electrons. The van der Waals surface area contributed by atoms with Crippen LogP contribution >= 0.6 is 0 Å². The van der Waals surface area contributed by atoms with Crippen LogP contribution in [0.5, 0.6) is 0 Å². The van der Waals surface area contributed by atoms with E-state index in [1.54, 1.807) is 24.3 Å². The van der Waals surface area contributed by atoms with Crippen LogP contribution in [0.1, 0.15) is 48.4 Å². The van der Waals surface area contributed by atoms with Gasteiger partial charge in [-0.15, -0.1) is 0 Å². The number of carbonyl (C=O) groups excluding carboxylic acids is 1. The van der Waals surface area contributed by atoms with Crippen LogP contribution in [0.4, 0.5) is 0 Å². The lowest BCUT2D eigenvalue weighted by molar-refractivity contribution is -0.119. The monoisotopic (exact) mass is 469 g/mol. The van der Waals surface area contributed by atoms with Gasteiger partial charge in [0, 0.05) is 42.4 Å². The summed E-state index contributed by atoms with van der Waals surface area (Å²) in [4.78, 5) is 27.6. The molecule has 8 nitrogen and oxygen atoms in total. The number of benzene rings is 1. The second kappa shape index (κ2) is 8.89. The first-order valence-corrected chi connectivity index (χ1v) is 12.8. The first-order valence-electron chi connectivity index (χ1n) is 11.3. The smallest absolute Gasteiger partial charge is 0.251 e. The van der Waals surface area contributed by atoms with E-state index in [0.29, 0.717) is 50.8 Å². The number of H-pyrrole nitrogens is 1. The van der Waals surface area contributed by atoms with Crippen LogP contribution in [0.15, 0.2) is 52.2 Å². The SMILES string of the molecule is O=C1CC[C@H](/C=C(\c2ccc(S(=O)(=O)N3CCOCC3)cc2)c2ccc(C3CC3)c(=O)[nH]2)N1. The van der Waals surface area contributed by atoms with E-state index in [4.69, 9.17) is 4.74 Å². The van der Waals surface area contributed by atoms with E-state index in [0.717, 1.165) is 29.5 Å². The number of rotatable bonds is 6.